The number of halogens is 4. The van der Waals surface area contributed by atoms with E-state index in [0.29, 0.717) is 11.3 Å². The molecule has 0 bridgehead atoms. The fraction of sp³-hybridized carbons (Fsp3) is 0.375. The summed E-state index contributed by atoms with van der Waals surface area (Å²) in [5.41, 5.74) is -1.98. The highest BCUT2D eigenvalue weighted by Crippen LogP contribution is 2.33. The van der Waals surface area contributed by atoms with Crippen molar-refractivity contribution in [1.82, 2.24) is 15.1 Å². The quantitative estimate of drug-likeness (QED) is 0.856. The van der Waals surface area contributed by atoms with E-state index in [0.717, 1.165) is 31.2 Å². The molecule has 0 unspecified atom stereocenters. The molecule has 1 N–H and O–H groups in total. The highest BCUT2D eigenvalue weighted by Gasteiger charge is 2.40. The number of ether oxygens (including phenoxy) is 1. The summed E-state index contributed by atoms with van der Waals surface area (Å²) in [5, 5.41) is 6.07. The Morgan fingerprint density at radius 3 is 2.84 bits per heavy atom. The highest BCUT2D eigenvalue weighted by atomic mass is 19.4. The summed E-state index contributed by atoms with van der Waals surface area (Å²) in [6.45, 7) is 0.702. The van der Waals surface area contributed by atoms with Gasteiger partial charge in [0.25, 0.3) is 5.91 Å². The second-order valence-corrected chi connectivity index (χ2v) is 5.64. The Balaban J connectivity index is 1.90. The number of amides is 1. The highest BCUT2D eigenvalue weighted by molar-refractivity contribution is 5.95. The van der Waals surface area contributed by atoms with E-state index in [2.05, 4.69) is 10.4 Å². The van der Waals surface area contributed by atoms with Crippen molar-refractivity contribution in [3.63, 3.8) is 0 Å². The molecule has 5 nitrogen and oxygen atoms in total. The average Bonchev–Trinajstić information content (AvgIpc) is 3.21. The molecule has 1 amide bonds. The van der Waals surface area contributed by atoms with Crippen LogP contribution in [0.4, 0.5) is 17.6 Å². The minimum absolute atomic E-state index is 0.120. The number of carbonyl (C=O) groups is 1. The first-order valence-electron chi connectivity index (χ1n) is 7.67. The lowest BCUT2D eigenvalue weighted by molar-refractivity contribution is -0.143. The van der Waals surface area contributed by atoms with Crippen LogP contribution in [0.2, 0.25) is 0 Å². The van der Waals surface area contributed by atoms with Gasteiger partial charge in [0.1, 0.15) is 5.82 Å². The van der Waals surface area contributed by atoms with Crippen LogP contribution in [0.1, 0.15) is 28.9 Å². The molecule has 0 saturated carbocycles. The van der Waals surface area contributed by atoms with E-state index in [1.165, 1.54) is 12.1 Å². The Labute approximate surface area is 140 Å². The molecular formula is C16H15F4N3O2. The summed E-state index contributed by atoms with van der Waals surface area (Å²) in [7, 11) is 0. The van der Waals surface area contributed by atoms with Gasteiger partial charge in [-0.15, -0.1) is 0 Å². The third-order valence-corrected chi connectivity index (χ3v) is 3.85. The smallest absolute Gasteiger partial charge is 0.376 e. The molecular weight excluding hydrogens is 342 g/mol. The van der Waals surface area contributed by atoms with Crippen LogP contribution in [-0.4, -0.2) is 34.9 Å². The molecule has 1 saturated heterocycles. The molecule has 1 aromatic heterocycles. The van der Waals surface area contributed by atoms with Gasteiger partial charge in [0, 0.05) is 13.2 Å². The molecule has 1 atom stereocenters. The molecule has 9 heteroatoms. The molecule has 0 radical (unpaired) electrons. The molecule has 1 aromatic carbocycles. The number of carbonyl (C=O) groups excluding carboxylic acids is 1. The van der Waals surface area contributed by atoms with Gasteiger partial charge in [-0.25, -0.2) is 9.07 Å². The summed E-state index contributed by atoms with van der Waals surface area (Å²) in [6, 6.07) is 4.56. The summed E-state index contributed by atoms with van der Waals surface area (Å²) in [5.74, 6) is -1.60. The molecule has 2 heterocycles. The van der Waals surface area contributed by atoms with Crippen LogP contribution in [0.15, 0.2) is 30.5 Å². The first-order chi connectivity index (χ1) is 11.9. The van der Waals surface area contributed by atoms with Crippen molar-refractivity contribution >= 4 is 5.91 Å². The van der Waals surface area contributed by atoms with E-state index in [-0.39, 0.29) is 18.3 Å². The van der Waals surface area contributed by atoms with Crippen molar-refractivity contribution in [1.29, 1.82) is 0 Å². The van der Waals surface area contributed by atoms with Crippen LogP contribution in [0.3, 0.4) is 0 Å². The predicted molar refractivity (Wildman–Crippen MR) is 79.8 cm³/mol. The van der Waals surface area contributed by atoms with Crippen molar-refractivity contribution < 1.29 is 27.1 Å². The number of benzene rings is 1. The van der Waals surface area contributed by atoms with Gasteiger partial charge in [-0.05, 0) is 31.0 Å². The zero-order valence-corrected chi connectivity index (χ0v) is 13.0. The lowest BCUT2D eigenvalue weighted by Gasteiger charge is -2.14. The summed E-state index contributed by atoms with van der Waals surface area (Å²) < 4.78 is 59.6. The van der Waals surface area contributed by atoms with Crippen LogP contribution in [-0.2, 0) is 10.9 Å². The lowest BCUT2D eigenvalue weighted by atomic mass is 10.2. The molecule has 1 fully saturated rings. The maximum absolute atomic E-state index is 13.5. The molecule has 3 rings (SSSR count). The Morgan fingerprint density at radius 1 is 1.40 bits per heavy atom. The number of nitrogens with one attached hydrogen (secondary N) is 1. The minimum atomic E-state index is -4.83. The number of alkyl halides is 3. The second-order valence-electron chi connectivity index (χ2n) is 5.64. The van der Waals surface area contributed by atoms with Gasteiger partial charge in [0.15, 0.2) is 5.69 Å². The van der Waals surface area contributed by atoms with Gasteiger partial charge in [-0.3, -0.25) is 4.79 Å². The van der Waals surface area contributed by atoms with Gasteiger partial charge in [0.2, 0.25) is 0 Å². The topological polar surface area (TPSA) is 56.1 Å². The zero-order valence-electron chi connectivity index (χ0n) is 13.0. The van der Waals surface area contributed by atoms with Crippen LogP contribution in [0.25, 0.3) is 5.69 Å². The maximum Gasteiger partial charge on any atom is 0.434 e. The lowest BCUT2D eigenvalue weighted by Crippen LogP contribution is -2.33. The number of hydrogen-bond acceptors (Lipinski definition) is 3. The van der Waals surface area contributed by atoms with Crippen molar-refractivity contribution in [2.75, 3.05) is 13.2 Å². The van der Waals surface area contributed by atoms with E-state index >= 15 is 0 Å². The maximum atomic E-state index is 13.5. The van der Waals surface area contributed by atoms with E-state index in [1.807, 2.05) is 0 Å². The first kappa shape index (κ1) is 17.4. The van der Waals surface area contributed by atoms with Crippen LogP contribution in [0, 0.1) is 5.82 Å². The van der Waals surface area contributed by atoms with Gasteiger partial charge in [0.05, 0.1) is 23.6 Å². The number of hydrogen-bond donors (Lipinski definition) is 1. The third-order valence-electron chi connectivity index (χ3n) is 3.85. The fourth-order valence-corrected chi connectivity index (χ4v) is 2.70. The molecule has 1 aliphatic heterocycles. The van der Waals surface area contributed by atoms with Gasteiger partial charge in [-0.1, -0.05) is 6.07 Å². The van der Waals surface area contributed by atoms with E-state index < -0.39 is 29.2 Å². The van der Waals surface area contributed by atoms with Crippen molar-refractivity contribution in [2.45, 2.75) is 25.1 Å². The van der Waals surface area contributed by atoms with Gasteiger partial charge in [-0.2, -0.15) is 18.3 Å². The van der Waals surface area contributed by atoms with Crippen molar-refractivity contribution in [2.24, 2.45) is 0 Å². The molecule has 25 heavy (non-hydrogen) atoms. The molecule has 1 aliphatic rings. The van der Waals surface area contributed by atoms with Crippen LogP contribution < -0.4 is 5.32 Å². The Bertz CT molecular complexity index is 767. The Hall–Kier alpha value is -2.42. The molecule has 2 aromatic rings. The van der Waals surface area contributed by atoms with Crippen molar-refractivity contribution in [3.8, 4) is 5.69 Å². The second kappa shape index (κ2) is 6.83. The monoisotopic (exact) mass is 357 g/mol. The Kier molecular flexibility index (Phi) is 4.76. The summed E-state index contributed by atoms with van der Waals surface area (Å²) >= 11 is 0. The van der Waals surface area contributed by atoms with Gasteiger partial charge >= 0.3 is 6.18 Å². The summed E-state index contributed by atoms with van der Waals surface area (Å²) in [4.78, 5) is 12.2. The largest absolute Gasteiger partial charge is 0.434 e. The van der Waals surface area contributed by atoms with E-state index in [1.54, 1.807) is 0 Å². The van der Waals surface area contributed by atoms with E-state index in [9.17, 15) is 22.4 Å². The summed E-state index contributed by atoms with van der Waals surface area (Å²) in [6.07, 6.45) is -2.60. The fourth-order valence-electron chi connectivity index (χ4n) is 2.70. The molecule has 0 aliphatic carbocycles. The normalized spacial score (nSPS) is 17.7. The van der Waals surface area contributed by atoms with Gasteiger partial charge < -0.3 is 10.1 Å². The predicted octanol–water partition coefficient (Wildman–Crippen LogP) is 2.94. The number of rotatable bonds is 4. The number of nitrogens with zero attached hydrogens (tertiary/aromatic N) is 2. The first-order valence-corrected chi connectivity index (χ1v) is 7.67. The minimum Gasteiger partial charge on any atom is -0.376 e. The molecule has 134 valence electrons. The average molecular weight is 357 g/mol. The van der Waals surface area contributed by atoms with Crippen LogP contribution in [0.5, 0.6) is 0 Å². The SMILES string of the molecule is O=C(NC[C@@H]1CCCO1)c1cnn(-c2cccc(F)c2)c1C(F)(F)F. The number of aromatic nitrogens is 2. The zero-order chi connectivity index (χ0) is 18.0. The van der Waals surface area contributed by atoms with E-state index in [4.69, 9.17) is 4.74 Å². The van der Waals surface area contributed by atoms with Crippen molar-refractivity contribution in [3.05, 3.63) is 47.5 Å². The van der Waals surface area contributed by atoms with Crippen LogP contribution >= 0.6 is 0 Å². The third kappa shape index (κ3) is 3.81. The standard InChI is InChI=1S/C16H15F4N3O2/c17-10-3-1-4-11(7-10)23-14(16(18,19)20)13(9-22-23)15(24)21-8-12-5-2-6-25-12/h1,3-4,7,9,12H,2,5-6,8H2,(H,21,24)/t12-/m0/s1. The molecule has 0 spiro atoms. The Morgan fingerprint density at radius 2 is 2.20 bits per heavy atom.